The lowest BCUT2D eigenvalue weighted by Gasteiger charge is -2.11. The Labute approximate surface area is 170 Å². The monoisotopic (exact) mass is 399 g/mol. The lowest BCUT2D eigenvalue weighted by atomic mass is 10.2. The first kappa shape index (κ1) is 17.6. The summed E-state index contributed by atoms with van der Waals surface area (Å²) in [5.74, 6) is 1.35. The van der Waals surface area contributed by atoms with Gasteiger partial charge in [0.25, 0.3) is 5.56 Å². The summed E-state index contributed by atoms with van der Waals surface area (Å²) in [5.41, 5.74) is 2.21. The van der Waals surface area contributed by atoms with Crippen molar-refractivity contribution in [3.05, 3.63) is 83.2 Å². The van der Waals surface area contributed by atoms with Gasteiger partial charge in [0.15, 0.2) is 5.13 Å². The first-order valence-electron chi connectivity index (χ1n) is 9.35. The number of ether oxygens (including phenoxy) is 1. The van der Waals surface area contributed by atoms with E-state index in [1.54, 1.807) is 10.6 Å². The summed E-state index contributed by atoms with van der Waals surface area (Å²) in [5, 5.41) is 1.16. The fourth-order valence-electron chi connectivity index (χ4n) is 3.34. The van der Waals surface area contributed by atoms with Crippen molar-refractivity contribution in [3.8, 4) is 22.3 Å². The molecule has 0 saturated heterocycles. The van der Waals surface area contributed by atoms with Crippen LogP contribution >= 0.6 is 11.3 Å². The van der Waals surface area contributed by atoms with Gasteiger partial charge in [0.2, 0.25) is 0 Å². The van der Waals surface area contributed by atoms with Crippen molar-refractivity contribution < 1.29 is 4.74 Å². The molecule has 5 rings (SSSR count). The van der Waals surface area contributed by atoms with Crippen molar-refractivity contribution in [2.24, 2.45) is 0 Å². The number of thiazole rings is 1. The van der Waals surface area contributed by atoms with Gasteiger partial charge in [-0.05, 0) is 31.2 Å². The largest absolute Gasteiger partial charge is 0.494 e. The maximum Gasteiger partial charge on any atom is 0.268 e. The van der Waals surface area contributed by atoms with Crippen LogP contribution in [0.5, 0.6) is 5.75 Å². The maximum atomic E-state index is 13.4. The highest BCUT2D eigenvalue weighted by Crippen LogP contribution is 2.30. The summed E-state index contributed by atoms with van der Waals surface area (Å²) in [6.45, 7) is 2.54. The van der Waals surface area contributed by atoms with Gasteiger partial charge >= 0.3 is 0 Å². The van der Waals surface area contributed by atoms with E-state index >= 15 is 0 Å². The van der Waals surface area contributed by atoms with E-state index in [1.807, 2.05) is 73.7 Å². The zero-order valence-corrected chi connectivity index (χ0v) is 16.5. The molecule has 29 heavy (non-hydrogen) atoms. The van der Waals surface area contributed by atoms with Gasteiger partial charge in [-0.1, -0.05) is 53.8 Å². The summed E-state index contributed by atoms with van der Waals surface area (Å²) in [4.78, 5) is 23.0. The van der Waals surface area contributed by atoms with Crippen LogP contribution in [0, 0.1) is 0 Å². The molecule has 0 fully saturated rings. The second-order valence-corrected chi connectivity index (χ2v) is 7.53. The summed E-state index contributed by atoms with van der Waals surface area (Å²) >= 11 is 1.47. The van der Waals surface area contributed by atoms with Crippen molar-refractivity contribution in [1.29, 1.82) is 0 Å². The summed E-state index contributed by atoms with van der Waals surface area (Å²) < 4.78 is 8.19. The number of rotatable bonds is 4. The minimum Gasteiger partial charge on any atom is -0.494 e. The van der Waals surface area contributed by atoms with E-state index in [4.69, 9.17) is 14.7 Å². The fourth-order valence-corrected chi connectivity index (χ4v) is 4.28. The second-order valence-electron chi connectivity index (χ2n) is 6.52. The van der Waals surface area contributed by atoms with Crippen LogP contribution in [0.3, 0.4) is 0 Å². The SMILES string of the molecule is CCOc1ccc2sc(-n3c(-c4ccccc4)nc4ccccc4c3=O)nc2c1. The fraction of sp³-hybridized carbons (Fsp3) is 0.0870. The van der Waals surface area contributed by atoms with E-state index in [1.165, 1.54) is 11.3 Å². The third-order valence-corrected chi connectivity index (χ3v) is 5.68. The number of hydrogen-bond donors (Lipinski definition) is 0. The molecule has 0 bridgehead atoms. The maximum absolute atomic E-state index is 13.4. The number of hydrogen-bond acceptors (Lipinski definition) is 5. The molecule has 5 nitrogen and oxygen atoms in total. The van der Waals surface area contributed by atoms with Gasteiger partial charge in [-0.25, -0.2) is 14.5 Å². The molecule has 3 aromatic carbocycles. The minimum absolute atomic E-state index is 0.126. The highest BCUT2D eigenvalue weighted by molar-refractivity contribution is 7.20. The molecule has 0 aliphatic carbocycles. The first-order chi connectivity index (χ1) is 14.2. The molecule has 0 radical (unpaired) electrons. The third kappa shape index (κ3) is 3.07. The third-order valence-electron chi connectivity index (χ3n) is 4.66. The molecular formula is C23H17N3O2S. The molecular weight excluding hydrogens is 382 g/mol. The van der Waals surface area contributed by atoms with Crippen LogP contribution < -0.4 is 10.3 Å². The number of benzene rings is 3. The zero-order chi connectivity index (χ0) is 19.8. The summed E-state index contributed by atoms with van der Waals surface area (Å²) in [6, 6.07) is 22.9. The molecule has 0 saturated carbocycles. The van der Waals surface area contributed by atoms with E-state index in [0.29, 0.717) is 28.5 Å². The van der Waals surface area contributed by atoms with Crippen molar-refractivity contribution in [2.45, 2.75) is 6.92 Å². The van der Waals surface area contributed by atoms with E-state index in [-0.39, 0.29) is 5.56 Å². The quantitative estimate of drug-likeness (QED) is 0.424. The minimum atomic E-state index is -0.126. The highest BCUT2D eigenvalue weighted by atomic mass is 32.1. The molecule has 0 atom stereocenters. The zero-order valence-electron chi connectivity index (χ0n) is 15.7. The molecule has 2 aromatic heterocycles. The Bertz CT molecular complexity index is 1390. The average molecular weight is 399 g/mol. The predicted octanol–water partition coefficient (Wildman–Crippen LogP) is 5.06. The van der Waals surface area contributed by atoms with Crippen LogP contribution in [0.4, 0.5) is 0 Å². The molecule has 142 valence electrons. The smallest absolute Gasteiger partial charge is 0.268 e. The van der Waals surface area contributed by atoms with Crippen LogP contribution in [0.1, 0.15) is 6.92 Å². The van der Waals surface area contributed by atoms with Crippen LogP contribution in [0.15, 0.2) is 77.6 Å². The van der Waals surface area contributed by atoms with Gasteiger partial charge in [0, 0.05) is 11.6 Å². The predicted molar refractivity (Wildman–Crippen MR) is 117 cm³/mol. The standard InChI is InChI=1S/C23H17N3O2S/c1-2-28-16-12-13-20-19(14-16)25-23(29-20)26-21(15-8-4-3-5-9-15)24-18-11-7-6-10-17(18)22(26)27/h3-14H,2H2,1H3. The topological polar surface area (TPSA) is 57.0 Å². The van der Waals surface area contributed by atoms with Gasteiger partial charge in [-0.2, -0.15) is 0 Å². The number of aromatic nitrogens is 3. The normalized spacial score (nSPS) is 11.2. The van der Waals surface area contributed by atoms with E-state index in [0.717, 1.165) is 21.5 Å². The van der Waals surface area contributed by atoms with Gasteiger partial charge in [0.1, 0.15) is 11.6 Å². The van der Waals surface area contributed by atoms with Crippen molar-refractivity contribution in [3.63, 3.8) is 0 Å². The molecule has 2 heterocycles. The lowest BCUT2D eigenvalue weighted by molar-refractivity contribution is 0.340. The highest BCUT2D eigenvalue weighted by Gasteiger charge is 2.17. The molecule has 6 heteroatoms. The summed E-state index contributed by atoms with van der Waals surface area (Å²) in [6.07, 6.45) is 0. The average Bonchev–Trinajstić information content (AvgIpc) is 3.17. The van der Waals surface area contributed by atoms with E-state index in [2.05, 4.69) is 0 Å². The Morgan fingerprint density at radius 1 is 0.931 bits per heavy atom. The second kappa shape index (κ2) is 7.14. The Hall–Kier alpha value is -3.51. The molecule has 0 amide bonds. The molecule has 0 unspecified atom stereocenters. The van der Waals surface area contributed by atoms with Crippen LogP contribution in [0.2, 0.25) is 0 Å². The Morgan fingerprint density at radius 2 is 1.72 bits per heavy atom. The van der Waals surface area contributed by atoms with Gasteiger partial charge < -0.3 is 4.74 Å². The van der Waals surface area contributed by atoms with E-state index < -0.39 is 0 Å². The summed E-state index contributed by atoms with van der Waals surface area (Å²) in [7, 11) is 0. The van der Waals surface area contributed by atoms with E-state index in [9.17, 15) is 4.79 Å². The number of fused-ring (bicyclic) bond motifs is 2. The van der Waals surface area contributed by atoms with Crippen LogP contribution in [0.25, 0.3) is 37.6 Å². The lowest BCUT2D eigenvalue weighted by Crippen LogP contribution is -2.21. The first-order valence-corrected chi connectivity index (χ1v) is 10.2. The number of nitrogens with zero attached hydrogens (tertiary/aromatic N) is 3. The molecule has 0 aliphatic heterocycles. The molecule has 0 aliphatic rings. The Morgan fingerprint density at radius 3 is 2.55 bits per heavy atom. The number of para-hydroxylation sites is 1. The van der Waals surface area contributed by atoms with Crippen LogP contribution in [-0.2, 0) is 0 Å². The van der Waals surface area contributed by atoms with Crippen molar-refractivity contribution in [1.82, 2.24) is 14.5 Å². The van der Waals surface area contributed by atoms with Gasteiger partial charge in [-0.15, -0.1) is 0 Å². The van der Waals surface area contributed by atoms with Crippen LogP contribution in [-0.4, -0.2) is 21.1 Å². The Balaban J connectivity index is 1.80. The Kier molecular flexibility index (Phi) is 4.33. The molecule has 5 aromatic rings. The molecule has 0 N–H and O–H groups in total. The van der Waals surface area contributed by atoms with Gasteiger partial charge in [0.05, 0.1) is 27.7 Å². The van der Waals surface area contributed by atoms with Gasteiger partial charge in [-0.3, -0.25) is 4.79 Å². The van der Waals surface area contributed by atoms with Crippen molar-refractivity contribution in [2.75, 3.05) is 6.61 Å². The van der Waals surface area contributed by atoms with Crippen molar-refractivity contribution >= 4 is 32.5 Å². The molecule has 0 spiro atoms.